The summed E-state index contributed by atoms with van der Waals surface area (Å²) < 4.78 is 6.92. The Labute approximate surface area is 325 Å². The Balaban J connectivity index is 1.08. The zero-order valence-corrected chi connectivity index (χ0v) is 30.6. The van der Waals surface area contributed by atoms with Crippen LogP contribution >= 0.6 is 0 Å². The van der Waals surface area contributed by atoms with Crippen molar-refractivity contribution < 1.29 is 4.42 Å². The molecule has 262 valence electrons. The number of hydrogen-bond acceptors (Lipinski definition) is 2. The van der Waals surface area contributed by atoms with Gasteiger partial charge in [-0.2, -0.15) is 0 Å². The number of hydrogen-bond donors (Lipinski definition) is 0. The van der Waals surface area contributed by atoms with Gasteiger partial charge in [-0.15, -0.1) is 0 Å². The van der Waals surface area contributed by atoms with Gasteiger partial charge < -0.3 is 9.32 Å². The van der Waals surface area contributed by atoms with Gasteiger partial charge in [0.1, 0.15) is 5.58 Å². The molecule has 0 atom stereocenters. The highest BCUT2D eigenvalue weighted by molar-refractivity contribution is 6.18. The minimum atomic E-state index is 0.863. The molecule has 0 saturated carbocycles. The molecular formula is C54H35NO. The van der Waals surface area contributed by atoms with E-state index in [4.69, 9.17) is 4.42 Å². The molecule has 56 heavy (non-hydrogen) atoms. The molecule has 2 nitrogen and oxygen atoms in total. The SMILES string of the molecule is c1ccc(-c2ccc(N(c3cccc(-c4cccc(-c5cc6ccccc6c6ccccc56)c4)c3)c3cccc4c3oc3c5ccccc5ccc43)cc2)cc1. The second-order valence-electron chi connectivity index (χ2n) is 14.5. The fourth-order valence-corrected chi connectivity index (χ4v) is 8.53. The third kappa shape index (κ3) is 5.34. The molecule has 0 fully saturated rings. The quantitative estimate of drug-likeness (QED) is 0.160. The molecule has 1 aromatic heterocycles. The van der Waals surface area contributed by atoms with Crippen LogP contribution in [0.1, 0.15) is 0 Å². The first-order chi connectivity index (χ1) is 27.8. The minimum Gasteiger partial charge on any atom is -0.453 e. The molecule has 0 bridgehead atoms. The fraction of sp³-hybridized carbons (Fsp3) is 0. The molecule has 0 aliphatic rings. The number of benzene rings is 10. The van der Waals surface area contributed by atoms with Gasteiger partial charge in [0.25, 0.3) is 0 Å². The zero-order valence-electron chi connectivity index (χ0n) is 30.6. The van der Waals surface area contributed by atoms with Crippen LogP contribution in [0, 0.1) is 0 Å². The van der Waals surface area contributed by atoms with E-state index in [0.717, 1.165) is 55.5 Å². The van der Waals surface area contributed by atoms with Crippen molar-refractivity contribution in [3.63, 3.8) is 0 Å². The standard InChI is InChI=1S/C54H35NO/c1-2-13-36(14-3-1)37-27-30-43(31-28-37)55(52-26-12-25-49-50-32-29-38-15-4-7-22-46(38)53(50)56-54(49)52)44-20-11-18-40(34-44)39-17-10-19-41(33-39)51-35-42-16-5-6-21-45(42)47-23-8-9-24-48(47)51/h1-35H. The average Bonchev–Trinajstić information content (AvgIpc) is 3.67. The van der Waals surface area contributed by atoms with Gasteiger partial charge in [-0.3, -0.25) is 0 Å². The molecule has 1 heterocycles. The van der Waals surface area contributed by atoms with E-state index in [-0.39, 0.29) is 0 Å². The Kier molecular flexibility index (Phi) is 7.53. The van der Waals surface area contributed by atoms with Gasteiger partial charge in [-0.05, 0) is 109 Å². The van der Waals surface area contributed by atoms with Crippen LogP contribution in [-0.4, -0.2) is 0 Å². The van der Waals surface area contributed by atoms with Crippen molar-refractivity contribution in [3.8, 4) is 33.4 Å². The van der Waals surface area contributed by atoms with E-state index in [1.165, 1.54) is 49.2 Å². The summed E-state index contributed by atoms with van der Waals surface area (Å²) in [4.78, 5) is 2.34. The summed E-state index contributed by atoms with van der Waals surface area (Å²) in [6.07, 6.45) is 0. The van der Waals surface area contributed by atoms with Gasteiger partial charge in [0, 0.05) is 27.5 Å². The van der Waals surface area contributed by atoms with Gasteiger partial charge >= 0.3 is 0 Å². The van der Waals surface area contributed by atoms with E-state index in [0.29, 0.717) is 0 Å². The van der Waals surface area contributed by atoms with Crippen molar-refractivity contribution in [3.05, 3.63) is 212 Å². The van der Waals surface area contributed by atoms with Crippen LogP contribution in [0.5, 0.6) is 0 Å². The van der Waals surface area contributed by atoms with Crippen LogP contribution in [-0.2, 0) is 0 Å². The van der Waals surface area contributed by atoms with Gasteiger partial charge in [0.15, 0.2) is 5.58 Å². The highest BCUT2D eigenvalue weighted by Crippen LogP contribution is 2.45. The number of anilines is 3. The maximum absolute atomic E-state index is 6.92. The molecular weight excluding hydrogens is 679 g/mol. The summed E-state index contributed by atoms with van der Waals surface area (Å²) in [7, 11) is 0. The van der Waals surface area contributed by atoms with Crippen LogP contribution in [0.25, 0.3) is 87.6 Å². The van der Waals surface area contributed by atoms with Crippen molar-refractivity contribution >= 4 is 71.3 Å². The van der Waals surface area contributed by atoms with Crippen LogP contribution in [0.4, 0.5) is 17.1 Å². The van der Waals surface area contributed by atoms with Gasteiger partial charge in [-0.1, -0.05) is 164 Å². The Morgan fingerprint density at radius 1 is 0.286 bits per heavy atom. The molecule has 11 aromatic rings. The molecule has 11 rings (SSSR count). The van der Waals surface area contributed by atoms with Crippen molar-refractivity contribution in [2.75, 3.05) is 4.90 Å². The lowest BCUT2D eigenvalue weighted by atomic mass is 9.92. The van der Waals surface area contributed by atoms with Crippen LogP contribution in [0.2, 0.25) is 0 Å². The molecule has 0 aliphatic carbocycles. The Morgan fingerprint density at radius 2 is 0.875 bits per heavy atom. The second kappa shape index (κ2) is 13.2. The van der Waals surface area contributed by atoms with E-state index < -0.39 is 0 Å². The third-order valence-electron chi connectivity index (χ3n) is 11.2. The van der Waals surface area contributed by atoms with Crippen LogP contribution < -0.4 is 4.90 Å². The topological polar surface area (TPSA) is 16.4 Å². The summed E-state index contributed by atoms with van der Waals surface area (Å²) in [6, 6.07) is 76.4. The van der Waals surface area contributed by atoms with E-state index in [1.54, 1.807) is 0 Å². The van der Waals surface area contributed by atoms with Crippen LogP contribution in [0.3, 0.4) is 0 Å². The summed E-state index contributed by atoms with van der Waals surface area (Å²) in [5, 5.41) is 9.55. The molecule has 0 N–H and O–H groups in total. The second-order valence-corrected chi connectivity index (χ2v) is 14.5. The lowest BCUT2D eigenvalue weighted by Gasteiger charge is -2.26. The lowest BCUT2D eigenvalue weighted by Crippen LogP contribution is -2.10. The minimum absolute atomic E-state index is 0.863. The van der Waals surface area contributed by atoms with Gasteiger partial charge in [0.05, 0.1) is 5.69 Å². The smallest absolute Gasteiger partial charge is 0.159 e. The summed E-state index contributed by atoms with van der Waals surface area (Å²) in [5.41, 5.74) is 12.0. The maximum atomic E-state index is 6.92. The van der Waals surface area contributed by atoms with Crippen molar-refractivity contribution in [2.45, 2.75) is 0 Å². The number of fused-ring (bicyclic) bond motifs is 8. The molecule has 0 saturated heterocycles. The first-order valence-electron chi connectivity index (χ1n) is 19.2. The largest absolute Gasteiger partial charge is 0.453 e. The van der Waals surface area contributed by atoms with E-state index in [2.05, 4.69) is 217 Å². The molecule has 0 unspecified atom stereocenters. The van der Waals surface area contributed by atoms with Gasteiger partial charge in [-0.25, -0.2) is 0 Å². The van der Waals surface area contributed by atoms with Crippen molar-refractivity contribution in [1.29, 1.82) is 0 Å². The number of rotatable bonds is 6. The highest BCUT2D eigenvalue weighted by atomic mass is 16.3. The number of nitrogens with zero attached hydrogens (tertiary/aromatic N) is 1. The Bertz CT molecular complexity index is 3250. The van der Waals surface area contributed by atoms with E-state index in [9.17, 15) is 0 Å². The Hall–Kier alpha value is -7.42. The molecule has 0 aliphatic heterocycles. The molecule has 0 amide bonds. The number of furan rings is 1. The van der Waals surface area contributed by atoms with Crippen LogP contribution in [0.15, 0.2) is 217 Å². The zero-order chi connectivity index (χ0) is 37.0. The van der Waals surface area contributed by atoms with E-state index in [1.807, 2.05) is 0 Å². The summed E-state index contributed by atoms with van der Waals surface area (Å²) in [6.45, 7) is 0. The molecule has 2 heteroatoms. The Morgan fingerprint density at radius 3 is 1.71 bits per heavy atom. The van der Waals surface area contributed by atoms with Gasteiger partial charge in [0.2, 0.25) is 0 Å². The first-order valence-corrected chi connectivity index (χ1v) is 19.2. The molecule has 0 radical (unpaired) electrons. The monoisotopic (exact) mass is 713 g/mol. The fourth-order valence-electron chi connectivity index (χ4n) is 8.53. The summed E-state index contributed by atoms with van der Waals surface area (Å²) >= 11 is 0. The molecule has 10 aromatic carbocycles. The predicted molar refractivity (Wildman–Crippen MR) is 237 cm³/mol. The lowest BCUT2D eigenvalue weighted by molar-refractivity contribution is 0.673. The van der Waals surface area contributed by atoms with E-state index >= 15 is 0 Å². The normalized spacial score (nSPS) is 11.6. The third-order valence-corrected chi connectivity index (χ3v) is 11.2. The number of para-hydroxylation sites is 1. The van der Waals surface area contributed by atoms with Crippen molar-refractivity contribution in [2.24, 2.45) is 0 Å². The first kappa shape index (κ1) is 32.0. The highest BCUT2D eigenvalue weighted by Gasteiger charge is 2.21. The molecule has 0 spiro atoms. The summed E-state index contributed by atoms with van der Waals surface area (Å²) in [5.74, 6) is 0. The predicted octanol–water partition coefficient (Wildman–Crippen LogP) is 15.5. The average molecular weight is 714 g/mol. The maximum Gasteiger partial charge on any atom is 0.159 e. The van der Waals surface area contributed by atoms with Crippen molar-refractivity contribution in [1.82, 2.24) is 0 Å².